The zero-order valence-electron chi connectivity index (χ0n) is 5.12. The van der Waals surface area contributed by atoms with Crippen LogP contribution >= 0.6 is 0 Å². The molecule has 2 N–H and O–H groups in total. The average molecular weight is 175 g/mol. The Labute approximate surface area is 63.4 Å². The fourth-order valence-electron chi connectivity index (χ4n) is 0.145. The summed E-state index contributed by atoms with van der Waals surface area (Å²) in [7, 11) is 0. The SMILES string of the molecule is CC(=N/O)/C(C)=N\O.[Co]. The molecule has 0 saturated heterocycles. The van der Waals surface area contributed by atoms with E-state index in [9.17, 15) is 0 Å². The molecule has 9 heavy (non-hydrogen) atoms. The molecule has 0 spiro atoms. The molecule has 0 amide bonds. The van der Waals surface area contributed by atoms with Crippen LogP contribution < -0.4 is 0 Å². The quantitative estimate of drug-likeness (QED) is 0.349. The van der Waals surface area contributed by atoms with E-state index in [2.05, 4.69) is 10.3 Å². The van der Waals surface area contributed by atoms with Crippen LogP contribution in [0.5, 0.6) is 0 Å². The van der Waals surface area contributed by atoms with Crippen molar-refractivity contribution in [2.24, 2.45) is 10.3 Å². The van der Waals surface area contributed by atoms with Crippen LogP contribution in [0.15, 0.2) is 10.3 Å². The standard InChI is InChI=1S/C4H8N2O2.Co/c1-3(5-7)4(2)6-8;/h7-8H,1-2H3;/b5-3-,6-4-;. The summed E-state index contributed by atoms with van der Waals surface area (Å²) in [6.07, 6.45) is 0. The summed E-state index contributed by atoms with van der Waals surface area (Å²) in [5.74, 6) is 0. The summed E-state index contributed by atoms with van der Waals surface area (Å²) >= 11 is 0. The second-order valence-electron chi connectivity index (χ2n) is 1.37. The largest absolute Gasteiger partial charge is 0.411 e. The topological polar surface area (TPSA) is 65.2 Å². The van der Waals surface area contributed by atoms with Crippen molar-refractivity contribution in [3.63, 3.8) is 0 Å². The Bertz CT molecular complexity index is 117. The molecule has 1 radical (unpaired) electrons. The van der Waals surface area contributed by atoms with Crippen molar-refractivity contribution in [1.82, 2.24) is 0 Å². The van der Waals surface area contributed by atoms with Gasteiger partial charge in [-0.3, -0.25) is 0 Å². The number of nitrogens with zero attached hydrogens (tertiary/aromatic N) is 2. The third-order valence-corrected chi connectivity index (χ3v) is 0.824. The summed E-state index contributed by atoms with van der Waals surface area (Å²) in [4.78, 5) is 0. The molecule has 0 fully saturated rings. The summed E-state index contributed by atoms with van der Waals surface area (Å²) < 4.78 is 0. The fourth-order valence-corrected chi connectivity index (χ4v) is 0.145. The van der Waals surface area contributed by atoms with Crippen molar-refractivity contribution in [2.45, 2.75) is 13.8 Å². The summed E-state index contributed by atoms with van der Waals surface area (Å²) in [5.41, 5.74) is 0.625. The van der Waals surface area contributed by atoms with Gasteiger partial charge in [-0.1, -0.05) is 10.3 Å². The van der Waals surface area contributed by atoms with Crippen LogP contribution in [-0.4, -0.2) is 21.8 Å². The molecule has 0 aliphatic rings. The van der Waals surface area contributed by atoms with E-state index >= 15 is 0 Å². The van der Waals surface area contributed by atoms with Gasteiger partial charge in [-0.05, 0) is 13.8 Å². The Morgan fingerprint density at radius 1 is 1.00 bits per heavy atom. The first-order valence-corrected chi connectivity index (χ1v) is 2.10. The molecule has 0 aliphatic carbocycles. The minimum Gasteiger partial charge on any atom is -0.411 e. The van der Waals surface area contributed by atoms with Gasteiger partial charge in [0, 0.05) is 16.8 Å². The predicted molar refractivity (Wildman–Crippen MR) is 29.8 cm³/mol. The Hall–Kier alpha value is -0.554. The van der Waals surface area contributed by atoms with Crippen molar-refractivity contribution < 1.29 is 27.2 Å². The van der Waals surface area contributed by atoms with Gasteiger partial charge in [-0.25, -0.2) is 0 Å². The number of hydrogen-bond donors (Lipinski definition) is 2. The maximum absolute atomic E-state index is 8.03. The van der Waals surface area contributed by atoms with Gasteiger partial charge in [-0.15, -0.1) is 0 Å². The first kappa shape index (κ1) is 11.3. The first-order chi connectivity index (χ1) is 3.72. The van der Waals surface area contributed by atoms with Gasteiger partial charge in [0.1, 0.15) is 11.4 Å². The average Bonchev–Trinajstić information content (AvgIpc) is 1.84. The Kier molecular flexibility index (Phi) is 6.99. The smallest absolute Gasteiger partial charge is 0.101 e. The van der Waals surface area contributed by atoms with Gasteiger partial charge >= 0.3 is 0 Å². The molecule has 4 nitrogen and oxygen atoms in total. The molecule has 0 aliphatic heterocycles. The van der Waals surface area contributed by atoms with E-state index in [4.69, 9.17) is 10.4 Å². The second-order valence-corrected chi connectivity index (χ2v) is 1.37. The van der Waals surface area contributed by atoms with Gasteiger partial charge in [0.15, 0.2) is 0 Å². The van der Waals surface area contributed by atoms with E-state index < -0.39 is 0 Å². The molecular formula is C4H8CoN2O2. The second kappa shape index (κ2) is 5.58. The maximum Gasteiger partial charge on any atom is 0.101 e. The van der Waals surface area contributed by atoms with Crippen molar-refractivity contribution in [2.75, 3.05) is 0 Å². The van der Waals surface area contributed by atoms with E-state index in [0.29, 0.717) is 11.4 Å². The summed E-state index contributed by atoms with van der Waals surface area (Å²) in [6, 6.07) is 0. The van der Waals surface area contributed by atoms with E-state index in [1.54, 1.807) is 0 Å². The number of oxime groups is 2. The molecular weight excluding hydrogens is 167 g/mol. The zero-order valence-corrected chi connectivity index (χ0v) is 6.16. The van der Waals surface area contributed by atoms with Crippen LogP contribution in [0.2, 0.25) is 0 Å². The molecule has 0 saturated carbocycles. The van der Waals surface area contributed by atoms with Crippen LogP contribution in [0.3, 0.4) is 0 Å². The molecule has 0 unspecified atom stereocenters. The number of rotatable bonds is 1. The fraction of sp³-hybridized carbons (Fsp3) is 0.500. The Balaban J connectivity index is 0. The molecule has 5 heteroatoms. The molecule has 0 rings (SSSR count). The maximum atomic E-state index is 8.03. The van der Waals surface area contributed by atoms with Crippen LogP contribution in [0, 0.1) is 0 Å². The van der Waals surface area contributed by atoms with Crippen LogP contribution in [0.4, 0.5) is 0 Å². The monoisotopic (exact) mass is 175 g/mol. The minimum atomic E-state index is 0. The van der Waals surface area contributed by atoms with Crippen LogP contribution in [-0.2, 0) is 16.8 Å². The molecule has 0 aromatic rings. The molecule has 0 atom stereocenters. The van der Waals surface area contributed by atoms with Gasteiger partial charge < -0.3 is 10.4 Å². The van der Waals surface area contributed by atoms with Crippen LogP contribution in [0.25, 0.3) is 0 Å². The predicted octanol–water partition coefficient (Wildman–Crippen LogP) is 0.684. The minimum absolute atomic E-state index is 0. The number of hydrogen-bond acceptors (Lipinski definition) is 4. The normalized spacial score (nSPS) is 12.7. The summed E-state index contributed by atoms with van der Waals surface area (Å²) in [5, 5.41) is 21.6. The van der Waals surface area contributed by atoms with Crippen LogP contribution in [0.1, 0.15) is 13.8 Å². The van der Waals surface area contributed by atoms with Crippen molar-refractivity contribution in [3.05, 3.63) is 0 Å². The summed E-state index contributed by atoms with van der Waals surface area (Å²) in [6.45, 7) is 3.07. The van der Waals surface area contributed by atoms with Gasteiger partial charge in [0.25, 0.3) is 0 Å². The van der Waals surface area contributed by atoms with E-state index in [-0.39, 0.29) is 16.8 Å². The van der Waals surface area contributed by atoms with Crippen molar-refractivity contribution in [3.8, 4) is 0 Å². The van der Waals surface area contributed by atoms with Crippen molar-refractivity contribution in [1.29, 1.82) is 0 Å². The Morgan fingerprint density at radius 2 is 1.22 bits per heavy atom. The molecule has 0 aromatic carbocycles. The Morgan fingerprint density at radius 3 is 1.33 bits per heavy atom. The van der Waals surface area contributed by atoms with Gasteiger partial charge in [0.05, 0.1) is 0 Å². The molecule has 0 bridgehead atoms. The molecule has 0 aromatic heterocycles. The van der Waals surface area contributed by atoms with E-state index in [1.165, 1.54) is 13.8 Å². The van der Waals surface area contributed by atoms with E-state index in [0.717, 1.165) is 0 Å². The third-order valence-electron chi connectivity index (χ3n) is 0.824. The molecule has 0 heterocycles. The molecule has 55 valence electrons. The van der Waals surface area contributed by atoms with Crippen molar-refractivity contribution >= 4 is 11.4 Å². The first-order valence-electron chi connectivity index (χ1n) is 2.10. The van der Waals surface area contributed by atoms with Gasteiger partial charge in [-0.2, -0.15) is 0 Å². The third kappa shape index (κ3) is 3.98. The van der Waals surface area contributed by atoms with E-state index in [1.807, 2.05) is 0 Å². The van der Waals surface area contributed by atoms with Gasteiger partial charge in [0.2, 0.25) is 0 Å². The zero-order chi connectivity index (χ0) is 6.57.